The van der Waals surface area contributed by atoms with Crippen molar-refractivity contribution in [2.45, 2.75) is 20.8 Å². The Kier molecular flexibility index (Phi) is 4.56. The second-order valence-electron chi connectivity index (χ2n) is 10.1. The number of aromatic nitrogens is 1. The zero-order valence-corrected chi connectivity index (χ0v) is 20.8. The summed E-state index contributed by atoms with van der Waals surface area (Å²) in [6.45, 7) is 6.51. The predicted molar refractivity (Wildman–Crippen MR) is 155 cm³/mol. The SMILES string of the molecule is Cc1ccc(-c2c(-c3ccc(C)cc3)c3c4ccccc4n4cccc4c3c3ccc(C)cc23)cc1. The van der Waals surface area contributed by atoms with Crippen LogP contribution in [0.25, 0.3) is 60.2 Å². The van der Waals surface area contributed by atoms with E-state index in [1.165, 1.54) is 76.9 Å². The molecule has 36 heavy (non-hydrogen) atoms. The van der Waals surface area contributed by atoms with Crippen LogP contribution in [0.4, 0.5) is 0 Å². The third kappa shape index (κ3) is 3.03. The molecule has 0 saturated carbocycles. The van der Waals surface area contributed by atoms with Crippen LogP contribution in [0.15, 0.2) is 109 Å². The number of para-hydroxylation sites is 1. The molecule has 0 aliphatic carbocycles. The largest absolute Gasteiger partial charge is 0.316 e. The molecule has 0 fully saturated rings. The lowest BCUT2D eigenvalue weighted by atomic mass is 9.83. The van der Waals surface area contributed by atoms with E-state index in [9.17, 15) is 0 Å². The molecule has 0 bridgehead atoms. The molecular formula is C35H27N. The molecule has 0 amide bonds. The molecule has 0 atom stereocenters. The van der Waals surface area contributed by atoms with Gasteiger partial charge in [-0.3, -0.25) is 0 Å². The van der Waals surface area contributed by atoms with E-state index in [0.29, 0.717) is 0 Å². The second-order valence-corrected chi connectivity index (χ2v) is 10.1. The van der Waals surface area contributed by atoms with Crippen LogP contribution in [0.1, 0.15) is 16.7 Å². The van der Waals surface area contributed by atoms with Gasteiger partial charge in [0.1, 0.15) is 0 Å². The molecule has 0 saturated heterocycles. The van der Waals surface area contributed by atoms with Crippen molar-refractivity contribution in [1.29, 1.82) is 0 Å². The van der Waals surface area contributed by atoms with Gasteiger partial charge in [0.05, 0.1) is 11.0 Å². The van der Waals surface area contributed by atoms with Crippen molar-refractivity contribution in [3.05, 3.63) is 126 Å². The van der Waals surface area contributed by atoms with Crippen LogP contribution in [0.3, 0.4) is 0 Å². The summed E-state index contributed by atoms with van der Waals surface area (Å²) in [5, 5.41) is 6.53. The van der Waals surface area contributed by atoms with E-state index in [2.05, 4.69) is 134 Å². The summed E-state index contributed by atoms with van der Waals surface area (Å²) in [5.41, 5.74) is 11.4. The van der Waals surface area contributed by atoms with Crippen LogP contribution >= 0.6 is 0 Å². The molecule has 1 heteroatoms. The number of benzene rings is 5. The van der Waals surface area contributed by atoms with E-state index in [1.54, 1.807) is 0 Å². The number of aryl methyl sites for hydroxylation is 3. The van der Waals surface area contributed by atoms with Crippen LogP contribution in [0.2, 0.25) is 0 Å². The summed E-state index contributed by atoms with van der Waals surface area (Å²) < 4.78 is 2.35. The molecule has 2 heterocycles. The Bertz CT molecular complexity index is 1930. The Hall–Kier alpha value is -4.36. The van der Waals surface area contributed by atoms with E-state index >= 15 is 0 Å². The van der Waals surface area contributed by atoms with Gasteiger partial charge in [0.2, 0.25) is 0 Å². The van der Waals surface area contributed by atoms with Crippen LogP contribution < -0.4 is 0 Å². The molecule has 7 rings (SSSR count). The lowest BCUT2D eigenvalue weighted by Gasteiger charge is -2.22. The molecule has 0 unspecified atom stereocenters. The predicted octanol–water partition coefficient (Wildman–Crippen LogP) is 9.66. The highest BCUT2D eigenvalue weighted by Gasteiger charge is 2.22. The van der Waals surface area contributed by atoms with Crippen LogP contribution in [0.5, 0.6) is 0 Å². The van der Waals surface area contributed by atoms with Gasteiger partial charge in [0.25, 0.3) is 0 Å². The molecule has 1 nitrogen and oxygen atoms in total. The van der Waals surface area contributed by atoms with Gasteiger partial charge in [-0.1, -0.05) is 102 Å². The number of nitrogens with zero attached hydrogens (tertiary/aromatic N) is 1. The van der Waals surface area contributed by atoms with Crippen molar-refractivity contribution < 1.29 is 0 Å². The van der Waals surface area contributed by atoms with E-state index in [1.807, 2.05) is 0 Å². The van der Waals surface area contributed by atoms with Crippen molar-refractivity contribution in [3.63, 3.8) is 0 Å². The number of pyridine rings is 1. The Morgan fingerprint density at radius 1 is 0.444 bits per heavy atom. The van der Waals surface area contributed by atoms with Crippen LogP contribution in [0, 0.1) is 20.8 Å². The fourth-order valence-electron chi connectivity index (χ4n) is 5.86. The zero-order valence-electron chi connectivity index (χ0n) is 20.8. The van der Waals surface area contributed by atoms with E-state index in [-0.39, 0.29) is 0 Å². The smallest absolute Gasteiger partial charge is 0.0541 e. The van der Waals surface area contributed by atoms with Gasteiger partial charge >= 0.3 is 0 Å². The fraction of sp³-hybridized carbons (Fsp3) is 0.0857. The Morgan fingerprint density at radius 3 is 1.78 bits per heavy atom. The van der Waals surface area contributed by atoms with Gasteiger partial charge in [-0.2, -0.15) is 0 Å². The topological polar surface area (TPSA) is 4.41 Å². The van der Waals surface area contributed by atoms with Gasteiger partial charge in [-0.05, 0) is 72.0 Å². The first-order chi connectivity index (χ1) is 17.6. The molecule has 172 valence electrons. The van der Waals surface area contributed by atoms with Gasteiger partial charge < -0.3 is 4.40 Å². The van der Waals surface area contributed by atoms with Crippen molar-refractivity contribution in [2.75, 3.05) is 0 Å². The third-order valence-corrected chi connectivity index (χ3v) is 7.58. The van der Waals surface area contributed by atoms with Crippen LogP contribution in [-0.4, -0.2) is 4.40 Å². The molecule has 5 aromatic carbocycles. The standard InChI is InChI=1S/C35H27N/c1-22-10-15-25(16-11-22)32-29-21-24(3)14-19-27(29)34-31-9-6-20-36(31)30-8-5-4-7-28(30)35(34)33(32)26-17-12-23(2)13-18-26/h4-21H,1-3H3. The quantitative estimate of drug-likeness (QED) is 0.226. The highest BCUT2D eigenvalue weighted by Crippen LogP contribution is 2.48. The molecule has 0 aliphatic rings. The van der Waals surface area contributed by atoms with Crippen molar-refractivity contribution >= 4 is 38.0 Å². The molecule has 0 radical (unpaired) electrons. The van der Waals surface area contributed by atoms with Gasteiger partial charge in [-0.15, -0.1) is 0 Å². The third-order valence-electron chi connectivity index (χ3n) is 7.58. The van der Waals surface area contributed by atoms with E-state index < -0.39 is 0 Å². The molecular weight excluding hydrogens is 434 g/mol. The molecule has 0 N–H and O–H groups in total. The van der Waals surface area contributed by atoms with Crippen molar-refractivity contribution in [1.82, 2.24) is 4.40 Å². The summed E-state index contributed by atoms with van der Waals surface area (Å²) in [5.74, 6) is 0. The molecule has 0 spiro atoms. The first kappa shape index (κ1) is 21.0. The molecule has 0 aliphatic heterocycles. The fourth-order valence-corrected chi connectivity index (χ4v) is 5.86. The number of fused-ring (bicyclic) bond motifs is 8. The van der Waals surface area contributed by atoms with E-state index in [0.717, 1.165) is 0 Å². The number of hydrogen-bond acceptors (Lipinski definition) is 0. The van der Waals surface area contributed by atoms with Gasteiger partial charge in [-0.25, -0.2) is 0 Å². The maximum Gasteiger partial charge on any atom is 0.0541 e. The van der Waals surface area contributed by atoms with Crippen LogP contribution in [-0.2, 0) is 0 Å². The maximum atomic E-state index is 2.37. The minimum atomic E-state index is 1.24. The summed E-state index contributed by atoms with van der Waals surface area (Å²) in [7, 11) is 0. The highest BCUT2D eigenvalue weighted by atomic mass is 14.9. The molecule has 2 aromatic heterocycles. The zero-order chi connectivity index (χ0) is 24.4. The summed E-state index contributed by atoms with van der Waals surface area (Å²) >= 11 is 0. The minimum absolute atomic E-state index is 1.24. The lowest BCUT2D eigenvalue weighted by Crippen LogP contribution is -1.97. The average molecular weight is 462 g/mol. The minimum Gasteiger partial charge on any atom is -0.316 e. The number of rotatable bonds is 2. The first-order valence-electron chi connectivity index (χ1n) is 12.6. The normalized spacial score (nSPS) is 11.8. The summed E-state index contributed by atoms with van der Waals surface area (Å²) in [6, 6.07) is 38.3. The molecule has 7 aromatic rings. The average Bonchev–Trinajstić information content (AvgIpc) is 3.39. The van der Waals surface area contributed by atoms with Crippen molar-refractivity contribution in [3.8, 4) is 22.3 Å². The highest BCUT2D eigenvalue weighted by molar-refractivity contribution is 6.31. The van der Waals surface area contributed by atoms with Crippen molar-refractivity contribution in [2.24, 2.45) is 0 Å². The van der Waals surface area contributed by atoms with Gasteiger partial charge in [0, 0.05) is 22.4 Å². The Balaban J connectivity index is 1.85. The van der Waals surface area contributed by atoms with Gasteiger partial charge in [0.15, 0.2) is 0 Å². The lowest BCUT2D eigenvalue weighted by molar-refractivity contribution is 1.29. The van der Waals surface area contributed by atoms with E-state index in [4.69, 9.17) is 0 Å². The summed E-state index contributed by atoms with van der Waals surface area (Å²) in [6.07, 6.45) is 2.19. The monoisotopic (exact) mass is 461 g/mol. The maximum absolute atomic E-state index is 2.37. The Morgan fingerprint density at radius 2 is 1.06 bits per heavy atom. The number of hydrogen-bond donors (Lipinski definition) is 0. The Labute approximate surface area is 211 Å². The first-order valence-corrected chi connectivity index (χ1v) is 12.6. The summed E-state index contributed by atoms with van der Waals surface area (Å²) in [4.78, 5) is 0. The second kappa shape index (κ2) is 7.83.